The van der Waals surface area contributed by atoms with E-state index in [1.165, 1.54) is 5.56 Å². The van der Waals surface area contributed by atoms with Crippen LogP contribution in [0.15, 0.2) is 54.6 Å². The van der Waals surface area contributed by atoms with Crippen molar-refractivity contribution in [3.8, 4) is 0 Å². The maximum atomic E-state index is 12.8. The van der Waals surface area contributed by atoms with Crippen LogP contribution in [0.4, 0.5) is 5.69 Å². The van der Waals surface area contributed by atoms with E-state index in [0.29, 0.717) is 13.1 Å². The molecular formula is C22H27N3O2. The van der Waals surface area contributed by atoms with Gasteiger partial charge in [0.2, 0.25) is 11.8 Å². The van der Waals surface area contributed by atoms with Gasteiger partial charge in [-0.25, -0.2) is 0 Å². The third-order valence-electron chi connectivity index (χ3n) is 4.87. The van der Waals surface area contributed by atoms with Gasteiger partial charge in [-0.3, -0.25) is 9.59 Å². The van der Waals surface area contributed by atoms with Crippen LogP contribution in [-0.2, 0) is 16.0 Å². The first-order chi connectivity index (χ1) is 12.9. The monoisotopic (exact) mass is 365 g/mol. The highest BCUT2D eigenvalue weighted by atomic mass is 16.2. The van der Waals surface area contributed by atoms with E-state index in [4.69, 9.17) is 0 Å². The molecule has 5 nitrogen and oxygen atoms in total. The first-order valence-corrected chi connectivity index (χ1v) is 9.29. The van der Waals surface area contributed by atoms with Gasteiger partial charge in [-0.15, -0.1) is 0 Å². The number of likely N-dealkylation sites (N-methyl/N-ethyl adjacent to an activating group) is 1. The predicted octanol–water partition coefficient (Wildman–Crippen LogP) is 2.34. The van der Waals surface area contributed by atoms with E-state index in [-0.39, 0.29) is 24.4 Å². The average Bonchev–Trinajstić information content (AvgIpc) is 2.64. The summed E-state index contributed by atoms with van der Waals surface area (Å²) in [6, 6.07) is 18.1. The van der Waals surface area contributed by atoms with Gasteiger partial charge >= 0.3 is 0 Å². The number of carbonyl (C=O) groups excluding carboxylic acids is 2. The molecule has 1 aliphatic heterocycles. The molecule has 1 fully saturated rings. The Balaban J connectivity index is 1.85. The van der Waals surface area contributed by atoms with Gasteiger partial charge in [0.05, 0.1) is 12.6 Å². The van der Waals surface area contributed by atoms with E-state index in [1.807, 2.05) is 73.3 Å². The molecule has 1 saturated heterocycles. The summed E-state index contributed by atoms with van der Waals surface area (Å²) in [5, 5.41) is 0. The second kappa shape index (κ2) is 8.35. The van der Waals surface area contributed by atoms with Crippen LogP contribution >= 0.6 is 0 Å². The molecule has 0 N–H and O–H groups in total. The summed E-state index contributed by atoms with van der Waals surface area (Å²) in [4.78, 5) is 31.0. The lowest BCUT2D eigenvalue weighted by Gasteiger charge is -2.41. The Hall–Kier alpha value is -2.66. The van der Waals surface area contributed by atoms with Gasteiger partial charge in [-0.05, 0) is 45.1 Å². The van der Waals surface area contributed by atoms with Gasteiger partial charge < -0.3 is 14.7 Å². The fourth-order valence-corrected chi connectivity index (χ4v) is 3.46. The van der Waals surface area contributed by atoms with Crippen LogP contribution in [0.2, 0.25) is 0 Å². The average molecular weight is 365 g/mol. The summed E-state index contributed by atoms with van der Waals surface area (Å²) >= 11 is 0. The van der Waals surface area contributed by atoms with Gasteiger partial charge in [-0.2, -0.15) is 0 Å². The Morgan fingerprint density at radius 1 is 1.07 bits per heavy atom. The number of amides is 2. The smallest absolute Gasteiger partial charge is 0.246 e. The molecule has 0 aliphatic carbocycles. The topological polar surface area (TPSA) is 43.9 Å². The molecule has 1 aliphatic rings. The maximum Gasteiger partial charge on any atom is 0.246 e. The lowest BCUT2D eigenvalue weighted by atomic mass is 10.0. The number of aryl methyl sites for hydroxylation is 1. The molecular weight excluding hydrogens is 338 g/mol. The molecule has 142 valence electrons. The maximum absolute atomic E-state index is 12.8. The highest BCUT2D eigenvalue weighted by molar-refractivity contribution is 5.98. The lowest BCUT2D eigenvalue weighted by Crippen LogP contribution is -2.60. The summed E-state index contributed by atoms with van der Waals surface area (Å²) in [7, 11) is 3.74. The molecule has 5 heteroatoms. The first-order valence-electron chi connectivity index (χ1n) is 9.29. The summed E-state index contributed by atoms with van der Waals surface area (Å²) in [6.07, 6.45) is 0.732. The SMILES string of the molecule is Cc1ccc(N2C[C@H](Cc3ccccc3)N(C(=O)CN(C)C)CC2=O)cc1. The molecule has 1 atom stereocenters. The van der Waals surface area contributed by atoms with E-state index in [2.05, 4.69) is 12.1 Å². The summed E-state index contributed by atoms with van der Waals surface area (Å²) < 4.78 is 0. The quantitative estimate of drug-likeness (QED) is 0.817. The fourth-order valence-electron chi connectivity index (χ4n) is 3.46. The zero-order chi connectivity index (χ0) is 19.4. The van der Waals surface area contributed by atoms with Gasteiger partial charge in [0.15, 0.2) is 0 Å². The molecule has 0 saturated carbocycles. The largest absolute Gasteiger partial charge is 0.327 e. The molecule has 0 radical (unpaired) electrons. The molecule has 0 bridgehead atoms. The zero-order valence-electron chi connectivity index (χ0n) is 16.3. The Labute approximate surface area is 161 Å². The fraction of sp³-hybridized carbons (Fsp3) is 0.364. The van der Waals surface area contributed by atoms with E-state index >= 15 is 0 Å². The minimum atomic E-state index is -0.0427. The van der Waals surface area contributed by atoms with E-state index in [0.717, 1.165) is 17.7 Å². The molecule has 0 spiro atoms. The predicted molar refractivity (Wildman–Crippen MR) is 108 cm³/mol. The number of hydrogen-bond acceptors (Lipinski definition) is 3. The summed E-state index contributed by atoms with van der Waals surface area (Å²) in [6.45, 7) is 2.97. The van der Waals surface area contributed by atoms with Gasteiger partial charge in [-0.1, -0.05) is 48.0 Å². The molecule has 0 unspecified atom stereocenters. The Kier molecular flexibility index (Phi) is 5.91. The molecule has 27 heavy (non-hydrogen) atoms. The Morgan fingerprint density at radius 3 is 2.37 bits per heavy atom. The molecule has 2 amide bonds. The van der Waals surface area contributed by atoms with E-state index in [9.17, 15) is 9.59 Å². The van der Waals surface area contributed by atoms with Gasteiger partial charge in [0.1, 0.15) is 6.54 Å². The molecule has 1 heterocycles. The summed E-state index contributed by atoms with van der Waals surface area (Å²) in [5.74, 6) is -0.0342. The van der Waals surface area contributed by atoms with Crippen molar-refractivity contribution in [1.29, 1.82) is 0 Å². The summed E-state index contributed by atoms with van der Waals surface area (Å²) in [5.41, 5.74) is 3.22. The molecule has 2 aromatic rings. The van der Waals surface area contributed by atoms with Crippen LogP contribution < -0.4 is 4.90 Å². The number of anilines is 1. The highest BCUT2D eigenvalue weighted by Crippen LogP contribution is 2.23. The van der Waals surface area contributed by atoms with Crippen LogP contribution in [0.5, 0.6) is 0 Å². The van der Waals surface area contributed by atoms with Crippen molar-refractivity contribution < 1.29 is 9.59 Å². The minimum Gasteiger partial charge on any atom is -0.327 e. The van der Waals surface area contributed by atoms with Crippen molar-refractivity contribution in [1.82, 2.24) is 9.80 Å². The number of rotatable bonds is 5. The van der Waals surface area contributed by atoms with Crippen molar-refractivity contribution >= 4 is 17.5 Å². The van der Waals surface area contributed by atoms with Crippen LogP contribution in [0.25, 0.3) is 0 Å². The lowest BCUT2D eigenvalue weighted by molar-refractivity contribution is -0.140. The highest BCUT2D eigenvalue weighted by Gasteiger charge is 2.35. The minimum absolute atomic E-state index is 0.00200. The zero-order valence-corrected chi connectivity index (χ0v) is 16.3. The molecule has 0 aromatic heterocycles. The van der Waals surface area contributed by atoms with Crippen LogP contribution in [0.3, 0.4) is 0 Å². The standard InChI is InChI=1S/C22H27N3O2/c1-17-9-11-19(12-10-17)24-14-20(13-18-7-5-4-6-8-18)25(16-22(24)27)21(26)15-23(2)3/h4-12,20H,13-16H2,1-3H3/t20-/m0/s1. The van der Waals surface area contributed by atoms with Gasteiger partial charge in [0, 0.05) is 12.2 Å². The van der Waals surface area contributed by atoms with Crippen molar-refractivity contribution in [2.45, 2.75) is 19.4 Å². The third-order valence-corrected chi connectivity index (χ3v) is 4.87. The normalized spacial score (nSPS) is 17.5. The Bertz CT molecular complexity index is 787. The number of piperazine rings is 1. The van der Waals surface area contributed by atoms with Crippen LogP contribution in [0.1, 0.15) is 11.1 Å². The Morgan fingerprint density at radius 2 is 1.74 bits per heavy atom. The number of hydrogen-bond donors (Lipinski definition) is 0. The number of nitrogens with zero attached hydrogens (tertiary/aromatic N) is 3. The first kappa shape index (κ1) is 19.1. The van der Waals surface area contributed by atoms with Crippen molar-refractivity contribution in [2.75, 3.05) is 38.6 Å². The third kappa shape index (κ3) is 4.74. The molecule has 2 aromatic carbocycles. The van der Waals surface area contributed by atoms with Crippen molar-refractivity contribution in [2.24, 2.45) is 0 Å². The number of carbonyl (C=O) groups is 2. The second-order valence-corrected chi connectivity index (χ2v) is 7.44. The second-order valence-electron chi connectivity index (χ2n) is 7.44. The van der Waals surface area contributed by atoms with Gasteiger partial charge in [0.25, 0.3) is 0 Å². The van der Waals surface area contributed by atoms with E-state index in [1.54, 1.807) is 4.90 Å². The molecule has 3 rings (SSSR count). The number of benzene rings is 2. The van der Waals surface area contributed by atoms with Crippen molar-refractivity contribution in [3.63, 3.8) is 0 Å². The van der Waals surface area contributed by atoms with Crippen LogP contribution in [-0.4, -0.2) is 61.4 Å². The van der Waals surface area contributed by atoms with Crippen molar-refractivity contribution in [3.05, 3.63) is 65.7 Å². The van der Waals surface area contributed by atoms with Crippen LogP contribution in [0, 0.1) is 6.92 Å². The van der Waals surface area contributed by atoms with E-state index < -0.39 is 0 Å².